The highest BCUT2D eigenvalue weighted by atomic mass is 35.5. The normalized spacial score (nSPS) is 13.2. The van der Waals surface area contributed by atoms with Crippen molar-refractivity contribution in [3.05, 3.63) is 29.0 Å². The van der Waals surface area contributed by atoms with E-state index in [9.17, 15) is 9.18 Å². The minimum absolute atomic E-state index is 0.0169. The molecule has 0 bridgehead atoms. The van der Waals surface area contributed by atoms with Gasteiger partial charge in [0.25, 0.3) is 0 Å². The Labute approximate surface area is 118 Å². The number of anilines is 1. The number of amides is 1. The largest absolute Gasteiger partial charge is 0.327 e. The van der Waals surface area contributed by atoms with Crippen LogP contribution in [0, 0.1) is 11.2 Å². The molecule has 106 valence electrons. The molecule has 3 N–H and O–H groups in total. The molecule has 0 saturated heterocycles. The van der Waals surface area contributed by atoms with E-state index >= 15 is 0 Å². The summed E-state index contributed by atoms with van der Waals surface area (Å²) in [6, 6.07) is 3.86. The highest BCUT2D eigenvalue weighted by Crippen LogP contribution is 2.22. The van der Waals surface area contributed by atoms with Crippen LogP contribution in [0.5, 0.6) is 0 Å². The lowest BCUT2D eigenvalue weighted by molar-refractivity contribution is -0.116. The van der Waals surface area contributed by atoms with Gasteiger partial charge >= 0.3 is 0 Å². The van der Waals surface area contributed by atoms with Gasteiger partial charge in [-0.25, -0.2) is 4.39 Å². The molecular formula is C14H20ClFN2O. The van der Waals surface area contributed by atoms with E-state index in [0.717, 1.165) is 6.42 Å². The fourth-order valence-electron chi connectivity index (χ4n) is 1.88. The van der Waals surface area contributed by atoms with Crippen molar-refractivity contribution in [2.24, 2.45) is 11.1 Å². The van der Waals surface area contributed by atoms with Crippen molar-refractivity contribution in [3.63, 3.8) is 0 Å². The molecular weight excluding hydrogens is 267 g/mol. The summed E-state index contributed by atoms with van der Waals surface area (Å²) in [5, 5.41) is 2.64. The van der Waals surface area contributed by atoms with Crippen LogP contribution in [0.3, 0.4) is 0 Å². The molecule has 1 amide bonds. The fourth-order valence-corrected chi connectivity index (χ4v) is 2.06. The average molecular weight is 287 g/mol. The molecule has 1 rings (SSSR count). The summed E-state index contributed by atoms with van der Waals surface area (Å²) in [5.41, 5.74) is 6.48. The molecule has 1 aromatic rings. The lowest BCUT2D eigenvalue weighted by Crippen LogP contribution is -2.31. The molecule has 0 radical (unpaired) electrons. The molecule has 0 aliphatic carbocycles. The molecule has 1 atom stereocenters. The Morgan fingerprint density at radius 2 is 2.11 bits per heavy atom. The summed E-state index contributed by atoms with van der Waals surface area (Å²) >= 11 is 5.64. The van der Waals surface area contributed by atoms with Gasteiger partial charge in [-0.2, -0.15) is 0 Å². The van der Waals surface area contributed by atoms with Crippen molar-refractivity contribution in [2.45, 2.75) is 39.7 Å². The number of hydrogen-bond acceptors (Lipinski definition) is 2. The van der Waals surface area contributed by atoms with Gasteiger partial charge in [-0.15, -0.1) is 0 Å². The Kier molecular flexibility index (Phi) is 5.32. The second kappa shape index (κ2) is 6.35. The van der Waals surface area contributed by atoms with E-state index in [4.69, 9.17) is 17.3 Å². The lowest BCUT2D eigenvalue weighted by Gasteiger charge is -2.22. The summed E-state index contributed by atoms with van der Waals surface area (Å²) in [7, 11) is 0. The molecule has 1 unspecified atom stereocenters. The third-order valence-corrected chi connectivity index (χ3v) is 2.82. The maximum atomic E-state index is 13.0. The Bertz CT molecular complexity index is 457. The zero-order chi connectivity index (χ0) is 14.6. The standard InChI is InChI=1S/C14H20ClFN2O/c1-14(2,3)8-9(17)6-13(19)18-10-4-5-12(16)11(15)7-10/h4-5,7,9H,6,8,17H2,1-3H3,(H,18,19). The number of nitrogens with two attached hydrogens (primary N) is 1. The Morgan fingerprint density at radius 3 is 2.63 bits per heavy atom. The molecule has 0 aliphatic heterocycles. The number of carbonyl (C=O) groups excluding carboxylic acids is 1. The first-order chi connectivity index (χ1) is 8.67. The van der Waals surface area contributed by atoms with Crippen LogP contribution in [0.2, 0.25) is 5.02 Å². The SMILES string of the molecule is CC(C)(C)CC(N)CC(=O)Nc1ccc(F)c(Cl)c1. The van der Waals surface area contributed by atoms with Gasteiger partial charge in [-0.1, -0.05) is 32.4 Å². The summed E-state index contributed by atoms with van der Waals surface area (Å²) in [4.78, 5) is 11.8. The van der Waals surface area contributed by atoms with E-state index in [2.05, 4.69) is 26.1 Å². The van der Waals surface area contributed by atoms with Crippen LogP contribution < -0.4 is 11.1 Å². The first kappa shape index (κ1) is 15.9. The number of rotatable bonds is 4. The highest BCUT2D eigenvalue weighted by Gasteiger charge is 2.18. The van der Waals surface area contributed by atoms with Crippen molar-refractivity contribution >= 4 is 23.2 Å². The molecule has 0 saturated carbocycles. The number of carbonyl (C=O) groups is 1. The maximum Gasteiger partial charge on any atom is 0.225 e. The summed E-state index contributed by atoms with van der Waals surface area (Å²) in [6.07, 6.45) is 0.983. The van der Waals surface area contributed by atoms with E-state index in [1.165, 1.54) is 18.2 Å². The molecule has 0 aromatic heterocycles. The molecule has 0 heterocycles. The molecule has 3 nitrogen and oxygen atoms in total. The first-order valence-electron chi connectivity index (χ1n) is 6.18. The molecule has 5 heteroatoms. The Morgan fingerprint density at radius 1 is 1.47 bits per heavy atom. The molecule has 0 aliphatic rings. The van der Waals surface area contributed by atoms with Gasteiger partial charge in [0, 0.05) is 18.2 Å². The maximum absolute atomic E-state index is 13.0. The summed E-state index contributed by atoms with van der Waals surface area (Å²) < 4.78 is 13.0. The van der Waals surface area contributed by atoms with Crippen LogP contribution in [0.4, 0.5) is 10.1 Å². The number of hydrogen-bond donors (Lipinski definition) is 2. The van der Waals surface area contributed by atoms with Gasteiger partial charge in [0.2, 0.25) is 5.91 Å². The van der Waals surface area contributed by atoms with Gasteiger partial charge in [-0.05, 0) is 30.0 Å². The smallest absolute Gasteiger partial charge is 0.225 e. The van der Waals surface area contributed by atoms with Gasteiger partial charge in [0.1, 0.15) is 5.82 Å². The van der Waals surface area contributed by atoms with Gasteiger partial charge in [0.05, 0.1) is 5.02 Å². The van der Waals surface area contributed by atoms with Crippen molar-refractivity contribution in [3.8, 4) is 0 Å². The summed E-state index contributed by atoms with van der Waals surface area (Å²) in [5.74, 6) is -0.705. The highest BCUT2D eigenvalue weighted by molar-refractivity contribution is 6.31. The lowest BCUT2D eigenvalue weighted by atomic mass is 9.87. The zero-order valence-corrected chi connectivity index (χ0v) is 12.2. The van der Waals surface area contributed by atoms with E-state index < -0.39 is 5.82 Å². The Balaban J connectivity index is 2.53. The van der Waals surface area contributed by atoms with Crippen LogP contribution >= 0.6 is 11.6 Å². The predicted octanol–water partition coefficient (Wildman–Crippen LogP) is 3.57. The third-order valence-electron chi connectivity index (χ3n) is 2.53. The molecule has 0 spiro atoms. The van der Waals surface area contributed by atoms with Crippen molar-refractivity contribution < 1.29 is 9.18 Å². The second-order valence-electron chi connectivity index (χ2n) is 5.91. The van der Waals surface area contributed by atoms with E-state index in [-0.39, 0.29) is 28.8 Å². The third kappa shape index (κ3) is 6.03. The topological polar surface area (TPSA) is 55.1 Å². The van der Waals surface area contributed by atoms with E-state index in [1.807, 2.05) is 0 Å². The number of benzene rings is 1. The van der Waals surface area contributed by atoms with Crippen LogP contribution in [0.25, 0.3) is 0 Å². The predicted molar refractivity (Wildman–Crippen MR) is 76.7 cm³/mol. The molecule has 19 heavy (non-hydrogen) atoms. The minimum Gasteiger partial charge on any atom is -0.327 e. The second-order valence-corrected chi connectivity index (χ2v) is 6.31. The van der Waals surface area contributed by atoms with Crippen LogP contribution in [-0.2, 0) is 4.79 Å². The van der Waals surface area contributed by atoms with Gasteiger partial charge < -0.3 is 11.1 Å². The van der Waals surface area contributed by atoms with Gasteiger partial charge in [-0.3, -0.25) is 4.79 Å². The quantitative estimate of drug-likeness (QED) is 0.889. The van der Waals surface area contributed by atoms with E-state index in [0.29, 0.717) is 5.69 Å². The van der Waals surface area contributed by atoms with Crippen molar-refractivity contribution in [1.29, 1.82) is 0 Å². The van der Waals surface area contributed by atoms with E-state index in [1.54, 1.807) is 0 Å². The summed E-state index contributed by atoms with van der Waals surface area (Å²) in [6.45, 7) is 6.22. The first-order valence-corrected chi connectivity index (χ1v) is 6.56. The number of halogens is 2. The van der Waals surface area contributed by atoms with Crippen LogP contribution in [0.1, 0.15) is 33.6 Å². The molecule has 0 fully saturated rings. The fraction of sp³-hybridized carbons (Fsp3) is 0.500. The minimum atomic E-state index is -0.510. The Hall–Kier alpha value is -1.13. The van der Waals surface area contributed by atoms with Crippen molar-refractivity contribution in [2.75, 3.05) is 5.32 Å². The van der Waals surface area contributed by atoms with Crippen LogP contribution in [0.15, 0.2) is 18.2 Å². The molecule has 1 aromatic carbocycles. The monoisotopic (exact) mass is 286 g/mol. The van der Waals surface area contributed by atoms with Crippen LogP contribution in [-0.4, -0.2) is 11.9 Å². The van der Waals surface area contributed by atoms with Gasteiger partial charge in [0.15, 0.2) is 0 Å². The average Bonchev–Trinajstić information content (AvgIpc) is 2.20. The van der Waals surface area contributed by atoms with Crippen molar-refractivity contribution in [1.82, 2.24) is 0 Å². The zero-order valence-electron chi connectivity index (χ0n) is 11.5. The number of nitrogens with one attached hydrogen (secondary N) is 1.